The van der Waals surface area contributed by atoms with E-state index < -0.39 is 65.0 Å². The van der Waals surface area contributed by atoms with Crippen LogP contribution in [-0.2, 0) is 24.4 Å². The third kappa shape index (κ3) is 6.95. The molecule has 0 rings (SSSR count). The van der Waals surface area contributed by atoms with Crippen LogP contribution in [0.25, 0.3) is 0 Å². The molecule has 150 valence electrons. The van der Waals surface area contributed by atoms with Gasteiger partial charge in [0.15, 0.2) is 6.29 Å². The molecule has 0 saturated heterocycles. The lowest BCUT2D eigenvalue weighted by Gasteiger charge is -2.36. The van der Waals surface area contributed by atoms with Crippen molar-refractivity contribution >= 4 is 16.1 Å². The fraction of sp³-hybridized carbons (Fsp3) is 0.909. The van der Waals surface area contributed by atoms with E-state index in [4.69, 9.17) is 0 Å². The maximum Gasteiger partial charge on any atom is 0.438 e. The lowest BCUT2D eigenvalue weighted by molar-refractivity contribution is -0.361. The van der Waals surface area contributed by atoms with Gasteiger partial charge in [-0.25, -0.2) is 8.42 Å². The molecular formula is C11H15F6O7S-. The molecule has 0 unspecified atom stereocenters. The molecule has 0 amide bonds. The van der Waals surface area contributed by atoms with E-state index in [0.29, 0.717) is 0 Å². The lowest BCUT2D eigenvalue weighted by Crippen LogP contribution is -2.63. The van der Waals surface area contributed by atoms with Gasteiger partial charge in [0.2, 0.25) is 0 Å². The third-order valence-electron chi connectivity index (χ3n) is 2.75. The zero-order valence-corrected chi connectivity index (χ0v) is 13.7. The van der Waals surface area contributed by atoms with E-state index in [1.807, 2.05) is 0 Å². The maximum absolute atomic E-state index is 12.8. The summed E-state index contributed by atoms with van der Waals surface area (Å²) >= 11 is 0. The summed E-state index contributed by atoms with van der Waals surface area (Å²) in [6, 6.07) is 0. The lowest BCUT2D eigenvalue weighted by atomic mass is 10.1. The van der Waals surface area contributed by atoms with Crippen LogP contribution in [0.1, 0.15) is 20.3 Å². The van der Waals surface area contributed by atoms with E-state index in [1.165, 1.54) is 13.8 Å². The number of esters is 1. The predicted molar refractivity (Wildman–Crippen MR) is 66.9 cm³/mol. The molecule has 0 spiro atoms. The summed E-state index contributed by atoms with van der Waals surface area (Å²) < 4.78 is 116. The van der Waals surface area contributed by atoms with Crippen LogP contribution in [0.4, 0.5) is 26.3 Å². The zero-order chi connectivity index (χ0) is 20.3. The minimum Gasteiger partial charge on any atom is -0.748 e. The highest BCUT2D eigenvalue weighted by Crippen LogP contribution is 2.46. The number of alkyl halides is 6. The monoisotopic (exact) mass is 405 g/mol. The van der Waals surface area contributed by atoms with Gasteiger partial charge >= 0.3 is 23.9 Å². The van der Waals surface area contributed by atoms with Crippen LogP contribution < -0.4 is 0 Å². The Balaban J connectivity index is 5.41. The van der Waals surface area contributed by atoms with Crippen LogP contribution in [0.2, 0.25) is 0 Å². The van der Waals surface area contributed by atoms with Crippen LogP contribution in [0.5, 0.6) is 0 Å². The van der Waals surface area contributed by atoms with E-state index in [2.05, 4.69) is 9.47 Å². The number of ether oxygens (including phenoxy) is 2. The Kier molecular flexibility index (Phi) is 7.69. The van der Waals surface area contributed by atoms with Gasteiger partial charge in [0.05, 0.1) is 28.9 Å². The molecule has 0 fully saturated rings. The van der Waals surface area contributed by atoms with Gasteiger partial charge in [-0.05, 0) is 0 Å². The molecule has 0 aromatic heterocycles. The Hall–Kier alpha value is -1.12. The Morgan fingerprint density at radius 2 is 1.56 bits per heavy atom. The van der Waals surface area contributed by atoms with Crippen LogP contribution in [0, 0.1) is 5.92 Å². The molecule has 1 N–H and O–H groups in total. The predicted octanol–water partition coefficient (Wildman–Crippen LogP) is 1.32. The summed E-state index contributed by atoms with van der Waals surface area (Å²) in [6.45, 7) is 2.15. The second-order valence-corrected chi connectivity index (χ2v) is 6.66. The van der Waals surface area contributed by atoms with Crippen molar-refractivity contribution in [3.05, 3.63) is 0 Å². The van der Waals surface area contributed by atoms with Gasteiger partial charge in [0, 0.05) is 5.92 Å². The van der Waals surface area contributed by atoms with Gasteiger partial charge in [-0.1, -0.05) is 13.8 Å². The quantitative estimate of drug-likeness (QED) is 0.280. The molecular weight excluding hydrogens is 390 g/mol. The second-order valence-electron chi connectivity index (χ2n) is 5.25. The van der Waals surface area contributed by atoms with Crippen molar-refractivity contribution in [3.8, 4) is 0 Å². The molecule has 0 aromatic carbocycles. The number of rotatable bonds is 8. The molecule has 0 radical (unpaired) electrons. The number of carbonyl (C=O) groups is 1. The second kappa shape index (κ2) is 8.05. The van der Waals surface area contributed by atoms with Gasteiger partial charge in [0.25, 0.3) is 0 Å². The molecule has 14 heteroatoms. The van der Waals surface area contributed by atoms with Crippen LogP contribution >= 0.6 is 0 Å². The number of halogens is 6. The van der Waals surface area contributed by atoms with Gasteiger partial charge in [0.1, 0.15) is 0 Å². The molecule has 0 aliphatic rings. The smallest absolute Gasteiger partial charge is 0.438 e. The largest absolute Gasteiger partial charge is 0.748 e. The highest BCUT2D eigenvalue weighted by atomic mass is 32.2. The Morgan fingerprint density at radius 3 is 1.88 bits per heavy atom. The first-order valence-corrected chi connectivity index (χ1v) is 8.09. The van der Waals surface area contributed by atoms with E-state index in [9.17, 15) is 49.2 Å². The highest BCUT2D eigenvalue weighted by Gasteiger charge is 2.75. The van der Waals surface area contributed by atoms with Crippen molar-refractivity contribution in [1.29, 1.82) is 0 Å². The number of aliphatic hydroxyl groups excluding tert-OH is 1. The summed E-state index contributed by atoms with van der Waals surface area (Å²) in [5.74, 6) is -5.66. The van der Waals surface area contributed by atoms with Crippen LogP contribution in [-0.4, -0.2) is 60.6 Å². The third-order valence-corrected chi connectivity index (χ3v) is 3.51. The SMILES string of the molecule is CC(C)[C@@H](O)OCCC(=O)OC(CS(=O)(=O)[O-])(C(F)(F)F)C(F)(F)F. The molecule has 0 heterocycles. The summed E-state index contributed by atoms with van der Waals surface area (Å²) in [5, 5.41) is 9.23. The Labute approximate surface area is 138 Å². The average molecular weight is 405 g/mol. The average Bonchev–Trinajstić information content (AvgIpc) is 2.33. The number of carbonyl (C=O) groups excluding carboxylic acids is 1. The molecule has 0 aliphatic heterocycles. The van der Waals surface area contributed by atoms with E-state index in [1.54, 1.807) is 0 Å². The molecule has 7 nitrogen and oxygen atoms in total. The number of hydrogen-bond donors (Lipinski definition) is 1. The van der Waals surface area contributed by atoms with Crippen molar-refractivity contribution in [2.75, 3.05) is 12.4 Å². The van der Waals surface area contributed by atoms with Crippen LogP contribution in [0.3, 0.4) is 0 Å². The summed E-state index contributed by atoms with van der Waals surface area (Å²) in [6.07, 6.45) is -15.4. The van der Waals surface area contributed by atoms with E-state index in [0.717, 1.165) is 0 Å². The topological polar surface area (TPSA) is 113 Å². The Morgan fingerprint density at radius 1 is 1.12 bits per heavy atom. The summed E-state index contributed by atoms with van der Waals surface area (Å²) in [5.41, 5.74) is -5.51. The molecule has 0 aliphatic carbocycles. The van der Waals surface area contributed by atoms with Gasteiger partial charge in [-0.2, -0.15) is 26.3 Å². The first kappa shape index (κ1) is 23.9. The standard InChI is InChI=1S/C11H16F6O7S/c1-6(2)8(19)23-4-3-7(18)24-9(10(12,13)14,11(15,16)17)5-25(20,21)22/h6,8,19H,3-5H2,1-2H3,(H,20,21,22)/p-1/t8-/m0/s1. The minimum absolute atomic E-state index is 0.480. The van der Waals surface area contributed by atoms with Crippen molar-refractivity contribution in [2.45, 2.75) is 44.5 Å². The fourth-order valence-corrected chi connectivity index (χ4v) is 2.30. The molecule has 0 saturated carbocycles. The highest BCUT2D eigenvalue weighted by molar-refractivity contribution is 7.85. The first-order valence-electron chi connectivity index (χ1n) is 6.51. The maximum atomic E-state index is 12.8. The van der Waals surface area contributed by atoms with E-state index in [-0.39, 0.29) is 0 Å². The normalized spacial score (nSPS) is 15.3. The molecule has 0 bridgehead atoms. The number of hydrogen-bond acceptors (Lipinski definition) is 7. The van der Waals surface area contributed by atoms with Gasteiger partial charge in [-0.15, -0.1) is 0 Å². The van der Waals surface area contributed by atoms with E-state index >= 15 is 0 Å². The Bertz CT molecular complexity index is 540. The molecule has 25 heavy (non-hydrogen) atoms. The number of aliphatic hydroxyl groups is 1. The summed E-state index contributed by atoms with van der Waals surface area (Å²) in [7, 11) is -6.08. The van der Waals surface area contributed by atoms with Crippen molar-refractivity contribution in [1.82, 2.24) is 0 Å². The van der Waals surface area contributed by atoms with Crippen molar-refractivity contribution < 1.29 is 58.7 Å². The zero-order valence-electron chi connectivity index (χ0n) is 12.8. The van der Waals surface area contributed by atoms with Crippen molar-refractivity contribution in [3.63, 3.8) is 0 Å². The van der Waals surface area contributed by atoms with Gasteiger partial charge in [-0.3, -0.25) is 4.79 Å². The summed E-state index contributed by atoms with van der Waals surface area (Å²) in [4.78, 5) is 11.3. The molecule has 0 aromatic rings. The molecule has 1 atom stereocenters. The van der Waals surface area contributed by atoms with Crippen molar-refractivity contribution in [2.24, 2.45) is 5.92 Å². The minimum atomic E-state index is -6.42. The fourth-order valence-electron chi connectivity index (χ4n) is 1.42. The first-order chi connectivity index (χ1) is 10.9. The van der Waals surface area contributed by atoms with Crippen LogP contribution in [0.15, 0.2) is 0 Å². The van der Waals surface area contributed by atoms with Gasteiger partial charge < -0.3 is 19.1 Å².